The Bertz CT molecular complexity index is 658. The zero-order valence-corrected chi connectivity index (χ0v) is 11.6. The zero-order valence-electron chi connectivity index (χ0n) is 11.6. The maximum Gasteiger partial charge on any atom is 0.274 e. The van der Waals surface area contributed by atoms with E-state index in [-0.39, 0.29) is 5.91 Å². The molecule has 3 N–H and O–H groups in total. The molecule has 2 heterocycles. The van der Waals surface area contributed by atoms with Crippen molar-refractivity contribution in [3.8, 4) is 0 Å². The molecular weight excluding hydrogens is 266 g/mol. The zero-order chi connectivity index (χ0) is 14.7. The number of hydrazine groups is 1. The summed E-state index contributed by atoms with van der Waals surface area (Å²) in [5.74, 6) is 5.58. The van der Waals surface area contributed by atoms with Crippen molar-refractivity contribution in [2.75, 3.05) is 12.0 Å². The second kappa shape index (κ2) is 5.88. The first kappa shape index (κ1) is 13.5. The Morgan fingerprint density at radius 3 is 2.86 bits per heavy atom. The molecule has 0 bridgehead atoms. The van der Waals surface area contributed by atoms with E-state index < -0.39 is 0 Å². The lowest BCUT2D eigenvalue weighted by Crippen LogP contribution is -2.31. The standard InChI is InChI=1S/C15H17N5O/c16-19-14-9-17-8-13(18-14)15(21)20-7-3-6-11-4-1-2-5-12(11)10-20/h1-2,4-5,8-9H,3,6-7,10,16H2,(H,18,19). The van der Waals surface area contributed by atoms with E-state index in [0.717, 1.165) is 19.4 Å². The molecule has 0 radical (unpaired) electrons. The highest BCUT2D eigenvalue weighted by atomic mass is 16.2. The summed E-state index contributed by atoms with van der Waals surface area (Å²) in [7, 11) is 0. The van der Waals surface area contributed by atoms with Crippen LogP contribution in [-0.2, 0) is 13.0 Å². The second-order valence-electron chi connectivity index (χ2n) is 5.03. The molecule has 0 unspecified atom stereocenters. The molecule has 0 saturated heterocycles. The Labute approximate surface area is 123 Å². The number of nitrogen functional groups attached to an aromatic ring is 1. The molecule has 0 aliphatic carbocycles. The number of nitrogens with zero attached hydrogens (tertiary/aromatic N) is 3. The third-order valence-corrected chi connectivity index (χ3v) is 3.64. The average molecular weight is 283 g/mol. The molecule has 3 rings (SSSR count). The van der Waals surface area contributed by atoms with Crippen molar-refractivity contribution in [2.45, 2.75) is 19.4 Å². The fourth-order valence-corrected chi connectivity index (χ4v) is 2.57. The van der Waals surface area contributed by atoms with E-state index in [1.807, 2.05) is 17.0 Å². The van der Waals surface area contributed by atoms with Crippen molar-refractivity contribution in [2.24, 2.45) is 5.84 Å². The Kier molecular flexibility index (Phi) is 3.79. The van der Waals surface area contributed by atoms with Crippen LogP contribution in [-0.4, -0.2) is 27.3 Å². The molecule has 1 aliphatic heterocycles. The highest BCUT2D eigenvalue weighted by molar-refractivity contribution is 5.92. The minimum absolute atomic E-state index is 0.115. The number of rotatable bonds is 2. The molecule has 0 saturated carbocycles. The molecule has 0 fully saturated rings. The first-order chi connectivity index (χ1) is 10.3. The monoisotopic (exact) mass is 283 g/mol. The number of fused-ring (bicyclic) bond motifs is 1. The lowest BCUT2D eigenvalue weighted by Gasteiger charge is -2.20. The van der Waals surface area contributed by atoms with E-state index in [9.17, 15) is 4.79 Å². The van der Waals surface area contributed by atoms with Gasteiger partial charge in [0.1, 0.15) is 5.69 Å². The Hall–Kier alpha value is -2.47. The largest absolute Gasteiger partial charge is 0.333 e. The highest BCUT2D eigenvalue weighted by Gasteiger charge is 2.21. The Morgan fingerprint density at radius 1 is 1.24 bits per heavy atom. The number of amides is 1. The smallest absolute Gasteiger partial charge is 0.274 e. The molecular formula is C15H17N5O. The summed E-state index contributed by atoms with van der Waals surface area (Å²) < 4.78 is 0. The predicted octanol–water partition coefficient (Wildman–Crippen LogP) is 1.35. The average Bonchev–Trinajstić information content (AvgIpc) is 2.76. The minimum Gasteiger partial charge on any atom is -0.333 e. The number of carbonyl (C=O) groups excluding carboxylic acids is 1. The van der Waals surface area contributed by atoms with E-state index >= 15 is 0 Å². The van der Waals surface area contributed by atoms with Gasteiger partial charge in [-0.05, 0) is 24.0 Å². The molecule has 21 heavy (non-hydrogen) atoms. The lowest BCUT2D eigenvalue weighted by molar-refractivity contribution is 0.0739. The summed E-state index contributed by atoms with van der Waals surface area (Å²) in [5.41, 5.74) is 5.23. The van der Waals surface area contributed by atoms with Gasteiger partial charge in [0.05, 0.1) is 12.4 Å². The van der Waals surface area contributed by atoms with Crippen LogP contribution in [0.2, 0.25) is 0 Å². The number of hydrogen-bond donors (Lipinski definition) is 2. The van der Waals surface area contributed by atoms with Crippen molar-refractivity contribution >= 4 is 11.7 Å². The van der Waals surface area contributed by atoms with Crippen molar-refractivity contribution in [3.63, 3.8) is 0 Å². The van der Waals surface area contributed by atoms with Gasteiger partial charge in [-0.15, -0.1) is 0 Å². The van der Waals surface area contributed by atoms with E-state index in [2.05, 4.69) is 27.5 Å². The second-order valence-corrected chi connectivity index (χ2v) is 5.03. The summed E-state index contributed by atoms with van der Waals surface area (Å²) in [6, 6.07) is 8.25. The van der Waals surface area contributed by atoms with Crippen LogP contribution >= 0.6 is 0 Å². The molecule has 6 heteroatoms. The van der Waals surface area contributed by atoms with Gasteiger partial charge in [0.15, 0.2) is 5.82 Å². The number of aromatic nitrogens is 2. The van der Waals surface area contributed by atoms with Crippen LogP contribution in [0.5, 0.6) is 0 Å². The summed E-state index contributed by atoms with van der Waals surface area (Å²) in [5, 5.41) is 0. The molecule has 6 nitrogen and oxygen atoms in total. The van der Waals surface area contributed by atoms with Gasteiger partial charge in [-0.25, -0.2) is 10.8 Å². The maximum atomic E-state index is 12.6. The first-order valence-corrected chi connectivity index (χ1v) is 6.92. The molecule has 1 aromatic heterocycles. The number of hydrogen-bond acceptors (Lipinski definition) is 5. The Balaban J connectivity index is 1.84. The molecule has 1 aromatic carbocycles. The van der Waals surface area contributed by atoms with Crippen molar-refractivity contribution in [3.05, 3.63) is 53.5 Å². The highest BCUT2D eigenvalue weighted by Crippen LogP contribution is 2.19. The number of nitrogens with two attached hydrogens (primary N) is 1. The molecule has 2 aromatic rings. The van der Waals surface area contributed by atoms with Crippen LogP contribution < -0.4 is 11.3 Å². The SMILES string of the molecule is NNc1cncc(C(=O)N2CCCc3ccccc3C2)n1. The summed E-state index contributed by atoms with van der Waals surface area (Å²) in [6.45, 7) is 1.33. The molecule has 108 valence electrons. The van der Waals surface area contributed by atoms with Gasteiger partial charge >= 0.3 is 0 Å². The predicted molar refractivity (Wildman–Crippen MR) is 79.3 cm³/mol. The number of carbonyl (C=O) groups is 1. The van der Waals surface area contributed by atoms with Crippen LogP contribution in [0.4, 0.5) is 5.82 Å². The summed E-state index contributed by atoms with van der Waals surface area (Å²) >= 11 is 0. The Morgan fingerprint density at radius 2 is 2.05 bits per heavy atom. The van der Waals surface area contributed by atoms with E-state index in [1.165, 1.54) is 23.5 Å². The van der Waals surface area contributed by atoms with E-state index in [0.29, 0.717) is 18.1 Å². The third-order valence-electron chi connectivity index (χ3n) is 3.64. The van der Waals surface area contributed by atoms with Crippen molar-refractivity contribution in [1.29, 1.82) is 0 Å². The summed E-state index contributed by atoms with van der Waals surface area (Å²) in [4.78, 5) is 22.6. The fraction of sp³-hybridized carbons (Fsp3) is 0.267. The molecule has 1 aliphatic rings. The van der Waals surface area contributed by atoms with Gasteiger partial charge in [0.25, 0.3) is 5.91 Å². The van der Waals surface area contributed by atoms with Crippen molar-refractivity contribution in [1.82, 2.24) is 14.9 Å². The van der Waals surface area contributed by atoms with Gasteiger partial charge in [-0.3, -0.25) is 9.78 Å². The lowest BCUT2D eigenvalue weighted by atomic mass is 10.0. The van der Waals surface area contributed by atoms with E-state index in [4.69, 9.17) is 5.84 Å². The van der Waals surface area contributed by atoms with Gasteiger partial charge in [0.2, 0.25) is 0 Å². The normalized spacial score (nSPS) is 14.2. The number of nitrogens with one attached hydrogen (secondary N) is 1. The maximum absolute atomic E-state index is 12.6. The molecule has 1 amide bonds. The van der Waals surface area contributed by atoms with Gasteiger partial charge in [-0.1, -0.05) is 24.3 Å². The molecule has 0 atom stereocenters. The van der Waals surface area contributed by atoms with Gasteiger partial charge in [0, 0.05) is 13.1 Å². The quantitative estimate of drug-likeness (QED) is 0.642. The van der Waals surface area contributed by atoms with Crippen LogP contribution in [0.1, 0.15) is 28.0 Å². The van der Waals surface area contributed by atoms with E-state index in [1.54, 1.807) is 0 Å². The van der Waals surface area contributed by atoms with Crippen LogP contribution in [0.15, 0.2) is 36.7 Å². The fourth-order valence-electron chi connectivity index (χ4n) is 2.57. The van der Waals surface area contributed by atoms with Crippen LogP contribution in [0.25, 0.3) is 0 Å². The minimum atomic E-state index is -0.115. The summed E-state index contributed by atoms with van der Waals surface area (Å²) in [6.07, 6.45) is 4.90. The van der Waals surface area contributed by atoms with Crippen molar-refractivity contribution < 1.29 is 4.79 Å². The van der Waals surface area contributed by atoms with Gasteiger partial charge < -0.3 is 10.3 Å². The number of anilines is 1. The number of aryl methyl sites for hydroxylation is 1. The molecule has 0 spiro atoms. The van der Waals surface area contributed by atoms with Crippen LogP contribution in [0, 0.1) is 0 Å². The van der Waals surface area contributed by atoms with Gasteiger partial charge in [-0.2, -0.15) is 0 Å². The number of benzene rings is 1. The van der Waals surface area contributed by atoms with Crippen LogP contribution in [0.3, 0.4) is 0 Å². The topological polar surface area (TPSA) is 84.1 Å². The first-order valence-electron chi connectivity index (χ1n) is 6.92. The third kappa shape index (κ3) is 2.85.